The Hall–Kier alpha value is -4.72. The Morgan fingerprint density at radius 3 is 2.39 bits per heavy atom. The highest BCUT2D eigenvalue weighted by atomic mass is 16.5. The van der Waals surface area contributed by atoms with Crippen molar-refractivity contribution in [2.45, 2.75) is 26.4 Å². The van der Waals surface area contributed by atoms with Crippen LogP contribution < -0.4 is 20.3 Å². The number of carbonyl (C=O) groups excluding carboxylic acids is 2. The molecule has 0 fully saturated rings. The average Bonchev–Trinajstić information content (AvgIpc) is 2.92. The van der Waals surface area contributed by atoms with Gasteiger partial charge in [-0.25, -0.2) is 9.97 Å². The van der Waals surface area contributed by atoms with Crippen molar-refractivity contribution in [3.8, 4) is 5.75 Å². The number of nitrogens with zero attached hydrogens (tertiary/aromatic N) is 3. The number of amides is 2. The first-order valence-corrected chi connectivity index (χ1v) is 12.6. The molecule has 1 aliphatic rings. The molecule has 0 saturated carbocycles. The van der Waals surface area contributed by atoms with Crippen LogP contribution in [0.1, 0.15) is 27.3 Å². The lowest BCUT2D eigenvalue weighted by molar-refractivity contribution is -0.127. The van der Waals surface area contributed by atoms with Crippen LogP contribution in [0.3, 0.4) is 0 Å². The van der Waals surface area contributed by atoms with E-state index in [9.17, 15) is 9.59 Å². The Morgan fingerprint density at radius 2 is 1.61 bits per heavy atom. The molecule has 2 heterocycles. The predicted molar refractivity (Wildman–Crippen MR) is 147 cm³/mol. The van der Waals surface area contributed by atoms with Crippen molar-refractivity contribution < 1.29 is 14.3 Å². The van der Waals surface area contributed by atoms with Gasteiger partial charge in [-0.1, -0.05) is 54.6 Å². The van der Waals surface area contributed by atoms with Crippen LogP contribution in [0, 0.1) is 13.8 Å². The van der Waals surface area contributed by atoms with E-state index < -0.39 is 6.10 Å². The number of ether oxygens (including phenoxy) is 1. The van der Waals surface area contributed by atoms with Crippen molar-refractivity contribution in [3.05, 3.63) is 107 Å². The number of aryl methyl sites for hydroxylation is 2. The molecular formula is C30H29N5O3. The van der Waals surface area contributed by atoms with E-state index in [1.165, 1.54) is 0 Å². The fourth-order valence-electron chi connectivity index (χ4n) is 4.48. The highest BCUT2D eigenvalue weighted by molar-refractivity contribution is 6.11. The maximum absolute atomic E-state index is 13.9. The molecule has 3 aromatic carbocycles. The molecule has 8 nitrogen and oxygen atoms in total. The fourth-order valence-corrected chi connectivity index (χ4v) is 4.48. The van der Waals surface area contributed by atoms with Crippen molar-refractivity contribution in [2.24, 2.45) is 0 Å². The van der Waals surface area contributed by atoms with Gasteiger partial charge in [-0.2, -0.15) is 0 Å². The van der Waals surface area contributed by atoms with Crippen molar-refractivity contribution in [1.82, 2.24) is 15.3 Å². The van der Waals surface area contributed by atoms with Gasteiger partial charge in [0.2, 0.25) is 5.95 Å². The van der Waals surface area contributed by atoms with Gasteiger partial charge in [0, 0.05) is 17.9 Å². The SMILES string of the molecule is Cc1cc(C)nc(Nc2ccccc2C(=O)N2C[C@@H](C(=O)NCCc3ccccc3)Oc3ccccc32)n1. The topological polar surface area (TPSA) is 96.5 Å². The van der Waals surface area contributed by atoms with Gasteiger partial charge in [-0.05, 0) is 56.2 Å². The summed E-state index contributed by atoms with van der Waals surface area (Å²) in [6.07, 6.45) is -0.134. The number of anilines is 3. The molecular weight excluding hydrogens is 478 g/mol. The molecule has 0 saturated heterocycles. The summed E-state index contributed by atoms with van der Waals surface area (Å²) in [5, 5.41) is 6.15. The number of fused-ring (bicyclic) bond motifs is 1. The van der Waals surface area contributed by atoms with Crippen LogP contribution in [0.5, 0.6) is 5.75 Å². The molecule has 5 rings (SSSR count). The average molecular weight is 508 g/mol. The number of benzene rings is 3. The van der Waals surface area contributed by atoms with Gasteiger partial charge >= 0.3 is 0 Å². The quantitative estimate of drug-likeness (QED) is 0.379. The molecule has 0 unspecified atom stereocenters. The van der Waals surface area contributed by atoms with Crippen LogP contribution in [0.25, 0.3) is 0 Å². The maximum Gasteiger partial charge on any atom is 0.262 e. The standard InChI is InChI=1S/C30H29N5O3/c1-20-18-21(2)33-30(32-20)34-24-13-7-6-12-23(24)29(37)35-19-27(38-26-15-9-8-14-25(26)35)28(36)31-17-16-22-10-4-3-5-11-22/h3-15,18,27H,16-17,19H2,1-2H3,(H,31,36)(H,32,33,34)/t27-/m0/s1. The Bertz CT molecular complexity index is 1440. The second-order valence-corrected chi connectivity index (χ2v) is 9.16. The van der Waals surface area contributed by atoms with E-state index >= 15 is 0 Å². The third kappa shape index (κ3) is 5.64. The van der Waals surface area contributed by atoms with Gasteiger partial charge in [-0.15, -0.1) is 0 Å². The molecule has 1 atom stereocenters. The summed E-state index contributed by atoms with van der Waals surface area (Å²) in [5.74, 6) is 0.387. The lowest BCUT2D eigenvalue weighted by atomic mass is 10.1. The molecule has 0 radical (unpaired) electrons. The zero-order valence-electron chi connectivity index (χ0n) is 21.3. The second-order valence-electron chi connectivity index (χ2n) is 9.16. The number of rotatable bonds is 7. The van der Waals surface area contributed by atoms with Crippen molar-refractivity contribution in [1.29, 1.82) is 0 Å². The van der Waals surface area contributed by atoms with Crippen molar-refractivity contribution in [3.63, 3.8) is 0 Å². The third-order valence-electron chi connectivity index (χ3n) is 6.25. The van der Waals surface area contributed by atoms with Gasteiger partial charge in [-0.3, -0.25) is 9.59 Å². The number of para-hydroxylation sites is 3. The van der Waals surface area contributed by atoms with E-state index in [-0.39, 0.29) is 18.4 Å². The molecule has 8 heteroatoms. The van der Waals surface area contributed by atoms with E-state index in [0.717, 1.165) is 17.0 Å². The first-order valence-electron chi connectivity index (χ1n) is 12.6. The maximum atomic E-state index is 13.9. The normalized spacial score (nSPS) is 14.3. The summed E-state index contributed by atoms with van der Waals surface area (Å²) in [6.45, 7) is 4.35. The molecule has 0 bridgehead atoms. The Labute approximate surface area is 221 Å². The van der Waals surface area contributed by atoms with Gasteiger partial charge in [0.15, 0.2) is 6.10 Å². The summed E-state index contributed by atoms with van der Waals surface area (Å²) >= 11 is 0. The highest BCUT2D eigenvalue weighted by Gasteiger charge is 2.34. The number of hydrogen-bond acceptors (Lipinski definition) is 6. The minimum atomic E-state index is -0.840. The van der Waals surface area contributed by atoms with E-state index in [4.69, 9.17) is 4.74 Å². The molecule has 38 heavy (non-hydrogen) atoms. The van der Waals surface area contributed by atoms with E-state index in [1.54, 1.807) is 23.1 Å². The lowest BCUT2D eigenvalue weighted by Crippen LogP contribution is -2.51. The summed E-state index contributed by atoms with van der Waals surface area (Å²) in [7, 11) is 0. The zero-order chi connectivity index (χ0) is 26.5. The summed E-state index contributed by atoms with van der Waals surface area (Å²) < 4.78 is 6.02. The number of aromatic nitrogens is 2. The predicted octanol–water partition coefficient (Wildman–Crippen LogP) is 4.60. The van der Waals surface area contributed by atoms with Crippen LogP contribution in [-0.2, 0) is 11.2 Å². The summed E-state index contributed by atoms with van der Waals surface area (Å²) in [6, 6.07) is 26.3. The Kier molecular flexibility index (Phi) is 7.31. The van der Waals surface area contributed by atoms with Crippen molar-refractivity contribution >= 4 is 29.1 Å². The molecule has 1 aliphatic heterocycles. The molecule has 0 aliphatic carbocycles. The van der Waals surface area contributed by atoms with E-state index in [0.29, 0.717) is 41.6 Å². The molecule has 0 spiro atoms. The lowest BCUT2D eigenvalue weighted by Gasteiger charge is -2.34. The van der Waals surface area contributed by atoms with Gasteiger partial charge in [0.05, 0.1) is 23.5 Å². The van der Waals surface area contributed by atoms with Crippen LogP contribution in [-0.4, -0.2) is 41.0 Å². The zero-order valence-corrected chi connectivity index (χ0v) is 21.3. The van der Waals surface area contributed by atoms with E-state index in [1.807, 2.05) is 80.6 Å². The fraction of sp³-hybridized carbons (Fsp3) is 0.200. The summed E-state index contributed by atoms with van der Waals surface area (Å²) in [4.78, 5) is 37.5. The first kappa shape index (κ1) is 25.0. The minimum Gasteiger partial charge on any atom is -0.477 e. The van der Waals surface area contributed by atoms with E-state index in [2.05, 4.69) is 20.6 Å². The van der Waals surface area contributed by atoms with Crippen LogP contribution in [0.2, 0.25) is 0 Å². The van der Waals surface area contributed by atoms with Gasteiger partial charge in [0.25, 0.3) is 11.8 Å². The van der Waals surface area contributed by atoms with Crippen LogP contribution in [0.15, 0.2) is 84.9 Å². The van der Waals surface area contributed by atoms with Gasteiger partial charge < -0.3 is 20.3 Å². The Morgan fingerprint density at radius 1 is 0.921 bits per heavy atom. The monoisotopic (exact) mass is 507 g/mol. The minimum absolute atomic E-state index is 0.0847. The number of nitrogens with one attached hydrogen (secondary N) is 2. The van der Waals surface area contributed by atoms with Crippen molar-refractivity contribution in [2.75, 3.05) is 23.3 Å². The molecule has 4 aromatic rings. The smallest absolute Gasteiger partial charge is 0.262 e. The third-order valence-corrected chi connectivity index (χ3v) is 6.25. The van der Waals surface area contributed by atoms with Crippen LogP contribution >= 0.6 is 0 Å². The molecule has 1 aromatic heterocycles. The van der Waals surface area contributed by atoms with Gasteiger partial charge in [0.1, 0.15) is 5.75 Å². The highest BCUT2D eigenvalue weighted by Crippen LogP contribution is 2.35. The Balaban J connectivity index is 1.36. The first-order chi connectivity index (χ1) is 18.5. The second kappa shape index (κ2) is 11.1. The summed E-state index contributed by atoms with van der Waals surface area (Å²) in [5.41, 5.74) is 4.42. The number of carbonyl (C=O) groups is 2. The van der Waals surface area contributed by atoms with Crippen LogP contribution in [0.4, 0.5) is 17.3 Å². The largest absolute Gasteiger partial charge is 0.477 e. The molecule has 2 N–H and O–H groups in total. The molecule has 2 amide bonds. The number of hydrogen-bond donors (Lipinski definition) is 2. The molecule has 192 valence electrons.